The van der Waals surface area contributed by atoms with E-state index in [4.69, 9.17) is 0 Å². The summed E-state index contributed by atoms with van der Waals surface area (Å²) in [6, 6.07) is 16.9. The molecule has 1 saturated heterocycles. The van der Waals surface area contributed by atoms with E-state index in [1.54, 1.807) is 24.3 Å². The molecular weight excluding hydrogens is 352 g/mol. The number of piperidine rings is 1. The van der Waals surface area contributed by atoms with Gasteiger partial charge in [0.2, 0.25) is 11.8 Å². The molecule has 1 aliphatic rings. The molecule has 1 fully saturated rings. The number of Topliss-reactive ketones (excluding diaryl/α,β-unsaturated/α-hetero) is 1. The number of likely N-dealkylation sites (tertiary alicyclic amines) is 1. The minimum Gasteiger partial charge on any atom is -0.343 e. The van der Waals surface area contributed by atoms with Gasteiger partial charge < -0.3 is 10.2 Å². The molecule has 5 heteroatoms. The number of nitrogens with zero attached hydrogens (tertiary/aromatic N) is 1. The SMILES string of the molecule is CC(=O)c1ccc(NC(=O)C2CCN(C(=O)CCc3ccccc3)CC2)cc1. The van der Waals surface area contributed by atoms with Gasteiger partial charge >= 0.3 is 0 Å². The molecule has 0 aromatic heterocycles. The van der Waals surface area contributed by atoms with Crippen LogP contribution in [0, 0.1) is 5.92 Å². The van der Waals surface area contributed by atoms with Crippen LogP contribution in [-0.4, -0.2) is 35.6 Å². The van der Waals surface area contributed by atoms with Crippen molar-refractivity contribution in [3.8, 4) is 0 Å². The number of benzene rings is 2. The molecule has 2 aromatic rings. The molecule has 0 atom stereocenters. The van der Waals surface area contributed by atoms with Crippen LogP contribution in [0.5, 0.6) is 0 Å². The Labute approximate surface area is 165 Å². The van der Waals surface area contributed by atoms with Crippen molar-refractivity contribution in [2.45, 2.75) is 32.6 Å². The molecule has 28 heavy (non-hydrogen) atoms. The van der Waals surface area contributed by atoms with Crippen molar-refractivity contribution in [1.82, 2.24) is 4.90 Å². The second-order valence-corrected chi connectivity index (χ2v) is 7.26. The number of hydrogen-bond acceptors (Lipinski definition) is 3. The summed E-state index contributed by atoms with van der Waals surface area (Å²) >= 11 is 0. The first-order valence-corrected chi connectivity index (χ1v) is 9.76. The highest BCUT2D eigenvalue weighted by Gasteiger charge is 2.27. The zero-order valence-electron chi connectivity index (χ0n) is 16.2. The molecule has 0 saturated carbocycles. The van der Waals surface area contributed by atoms with Gasteiger partial charge in [0.25, 0.3) is 0 Å². The van der Waals surface area contributed by atoms with E-state index in [0.717, 1.165) is 6.42 Å². The Kier molecular flexibility index (Phi) is 6.58. The van der Waals surface area contributed by atoms with E-state index < -0.39 is 0 Å². The monoisotopic (exact) mass is 378 g/mol. The van der Waals surface area contributed by atoms with E-state index in [0.29, 0.717) is 43.6 Å². The predicted octanol–water partition coefficient (Wildman–Crippen LogP) is 3.70. The Hall–Kier alpha value is -2.95. The fourth-order valence-corrected chi connectivity index (χ4v) is 3.48. The maximum absolute atomic E-state index is 12.5. The van der Waals surface area contributed by atoms with Crippen LogP contribution in [0.4, 0.5) is 5.69 Å². The van der Waals surface area contributed by atoms with Crippen LogP contribution >= 0.6 is 0 Å². The minimum absolute atomic E-state index is 0.00202. The summed E-state index contributed by atoms with van der Waals surface area (Å²) in [7, 11) is 0. The molecule has 3 rings (SSSR count). The van der Waals surface area contributed by atoms with Crippen LogP contribution in [0.2, 0.25) is 0 Å². The number of ketones is 1. The fraction of sp³-hybridized carbons (Fsp3) is 0.348. The second kappa shape index (κ2) is 9.31. The standard InChI is InChI=1S/C23H26N2O3/c1-17(26)19-8-10-21(11-9-19)24-23(28)20-13-15-25(16-14-20)22(27)12-7-18-5-3-2-4-6-18/h2-6,8-11,20H,7,12-16H2,1H3,(H,24,28). The van der Waals surface area contributed by atoms with Gasteiger partial charge in [0.1, 0.15) is 0 Å². The maximum Gasteiger partial charge on any atom is 0.227 e. The summed E-state index contributed by atoms with van der Waals surface area (Å²) in [5.74, 6) is 0.0438. The Morgan fingerprint density at radius 3 is 2.21 bits per heavy atom. The summed E-state index contributed by atoms with van der Waals surface area (Å²) in [6.45, 7) is 2.76. The molecule has 2 aromatic carbocycles. The van der Waals surface area contributed by atoms with Crippen LogP contribution in [-0.2, 0) is 16.0 Å². The van der Waals surface area contributed by atoms with Gasteiger partial charge in [-0.2, -0.15) is 0 Å². The number of carbonyl (C=O) groups excluding carboxylic acids is 3. The molecule has 1 heterocycles. The molecule has 1 aliphatic heterocycles. The van der Waals surface area contributed by atoms with Crippen LogP contribution in [0.25, 0.3) is 0 Å². The van der Waals surface area contributed by atoms with E-state index in [2.05, 4.69) is 5.32 Å². The maximum atomic E-state index is 12.5. The summed E-state index contributed by atoms with van der Waals surface area (Å²) in [6.07, 6.45) is 2.60. The molecule has 1 N–H and O–H groups in total. The molecule has 0 aliphatic carbocycles. The highest BCUT2D eigenvalue weighted by molar-refractivity contribution is 5.96. The molecule has 0 bridgehead atoms. The zero-order chi connectivity index (χ0) is 19.9. The number of aryl methyl sites for hydroxylation is 1. The number of nitrogens with one attached hydrogen (secondary N) is 1. The highest BCUT2D eigenvalue weighted by Crippen LogP contribution is 2.21. The Bertz CT molecular complexity index is 823. The Morgan fingerprint density at radius 2 is 1.61 bits per heavy atom. The number of anilines is 1. The van der Waals surface area contributed by atoms with Gasteiger partial charge in [-0.05, 0) is 56.0 Å². The van der Waals surface area contributed by atoms with Gasteiger partial charge in [0, 0.05) is 36.7 Å². The first-order valence-electron chi connectivity index (χ1n) is 9.76. The van der Waals surface area contributed by atoms with Crippen LogP contribution < -0.4 is 5.32 Å². The van der Waals surface area contributed by atoms with E-state index in [-0.39, 0.29) is 23.5 Å². The molecule has 2 amide bonds. The quantitative estimate of drug-likeness (QED) is 0.780. The molecule has 0 radical (unpaired) electrons. The van der Waals surface area contributed by atoms with Gasteiger partial charge in [-0.15, -0.1) is 0 Å². The van der Waals surface area contributed by atoms with Crippen LogP contribution in [0.3, 0.4) is 0 Å². The lowest BCUT2D eigenvalue weighted by atomic mass is 9.95. The first-order chi connectivity index (χ1) is 13.5. The third kappa shape index (κ3) is 5.28. The Morgan fingerprint density at radius 1 is 0.964 bits per heavy atom. The largest absolute Gasteiger partial charge is 0.343 e. The van der Waals surface area contributed by atoms with Gasteiger partial charge in [-0.1, -0.05) is 30.3 Å². The fourth-order valence-electron chi connectivity index (χ4n) is 3.48. The lowest BCUT2D eigenvalue weighted by Crippen LogP contribution is -2.41. The number of rotatable bonds is 6. The second-order valence-electron chi connectivity index (χ2n) is 7.26. The lowest BCUT2D eigenvalue weighted by Gasteiger charge is -2.31. The van der Waals surface area contributed by atoms with Crippen molar-refractivity contribution >= 4 is 23.3 Å². The van der Waals surface area contributed by atoms with Crippen molar-refractivity contribution in [3.05, 3.63) is 65.7 Å². The van der Waals surface area contributed by atoms with Crippen LogP contribution in [0.15, 0.2) is 54.6 Å². The molecular formula is C23H26N2O3. The molecule has 0 unspecified atom stereocenters. The molecule has 5 nitrogen and oxygen atoms in total. The van der Waals surface area contributed by atoms with Gasteiger partial charge in [-0.25, -0.2) is 0 Å². The van der Waals surface area contributed by atoms with Crippen molar-refractivity contribution < 1.29 is 14.4 Å². The number of carbonyl (C=O) groups is 3. The van der Waals surface area contributed by atoms with E-state index in [1.807, 2.05) is 35.2 Å². The summed E-state index contributed by atoms with van der Waals surface area (Å²) in [5.41, 5.74) is 2.48. The van der Waals surface area contributed by atoms with Crippen LogP contribution in [0.1, 0.15) is 42.1 Å². The number of amides is 2. The normalized spacial score (nSPS) is 14.5. The van der Waals surface area contributed by atoms with Gasteiger partial charge in [0.15, 0.2) is 5.78 Å². The molecule has 146 valence electrons. The topological polar surface area (TPSA) is 66.5 Å². The van der Waals surface area contributed by atoms with E-state index in [9.17, 15) is 14.4 Å². The average molecular weight is 378 g/mol. The van der Waals surface area contributed by atoms with Crippen molar-refractivity contribution in [2.75, 3.05) is 18.4 Å². The average Bonchev–Trinajstić information content (AvgIpc) is 2.73. The molecule has 0 spiro atoms. The third-order valence-electron chi connectivity index (χ3n) is 5.25. The van der Waals surface area contributed by atoms with Crippen molar-refractivity contribution in [3.63, 3.8) is 0 Å². The van der Waals surface area contributed by atoms with E-state index in [1.165, 1.54) is 12.5 Å². The van der Waals surface area contributed by atoms with E-state index >= 15 is 0 Å². The summed E-state index contributed by atoms with van der Waals surface area (Å²) in [5, 5.41) is 2.91. The van der Waals surface area contributed by atoms with Crippen molar-refractivity contribution in [2.24, 2.45) is 5.92 Å². The third-order valence-corrected chi connectivity index (χ3v) is 5.25. The summed E-state index contributed by atoms with van der Waals surface area (Å²) < 4.78 is 0. The van der Waals surface area contributed by atoms with Gasteiger partial charge in [-0.3, -0.25) is 14.4 Å². The smallest absolute Gasteiger partial charge is 0.227 e. The van der Waals surface area contributed by atoms with Crippen molar-refractivity contribution in [1.29, 1.82) is 0 Å². The predicted molar refractivity (Wildman–Crippen MR) is 109 cm³/mol. The number of hydrogen-bond donors (Lipinski definition) is 1. The minimum atomic E-state index is -0.0920. The zero-order valence-corrected chi connectivity index (χ0v) is 16.2. The lowest BCUT2D eigenvalue weighted by molar-refractivity contribution is -0.134. The first kappa shape index (κ1) is 19.8. The van der Waals surface area contributed by atoms with Gasteiger partial charge in [0.05, 0.1) is 0 Å². The Balaban J connectivity index is 1.44. The summed E-state index contributed by atoms with van der Waals surface area (Å²) in [4.78, 5) is 38.1. The highest BCUT2D eigenvalue weighted by atomic mass is 16.2.